The largest absolute Gasteiger partial charge is 0.381 e. The molecule has 1 unspecified atom stereocenters. The fourth-order valence-electron chi connectivity index (χ4n) is 2.58. The van der Waals surface area contributed by atoms with Crippen molar-refractivity contribution in [1.82, 2.24) is 14.9 Å². The second-order valence-electron chi connectivity index (χ2n) is 5.22. The van der Waals surface area contributed by atoms with Crippen LogP contribution in [0.15, 0.2) is 6.20 Å². The summed E-state index contributed by atoms with van der Waals surface area (Å²) >= 11 is 0. The van der Waals surface area contributed by atoms with E-state index in [1.54, 1.807) is 0 Å². The molecule has 2 aliphatic rings. The van der Waals surface area contributed by atoms with E-state index in [1.165, 1.54) is 0 Å². The number of carbonyl (C=O) groups is 1. The molecule has 1 aromatic rings. The van der Waals surface area contributed by atoms with Gasteiger partial charge in [-0.15, -0.1) is 0 Å². The number of aryl methyl sites for hydroxylation is 1. The van der Waals surface area contributed by atoms with Crippen LogP contribution in [0, 0.1) is 5.92 Å². The highest BCUT2D eigenvalue weighted by atomic mass is 16.5. The first-order valence-corrected chi connectivity index (χ1v) is 7.00. The van der Waals surface area contributed by atoms with E-state index in [2.05, 4.69) is 15.6 Å². The van der Waals surface area contributed by atoms with E-state index >= 15 is 0 Å². The Morgan fingerprint density at radius 1 is 1.58 bits per heavy atom. The van der Waals surface area contributed by atoms with E-state index in [9.17, 15) is 4.79 Å². The minimum atomic E-state index is -0.0886. The molecule has 0 spiro atoms. The quantitative estimate of drug-likeness (QED) is 0.849. The molecule has 1 fully saturated rings. The highest BCUT2D eigenvalue weighted by molar-refractivity contribution is 5.92. The van der Waals surface area contributed by atoms with Gasteiger partial charge in [-0.1, -0.05) is 0 Å². The van der Waals surface area contributed by atoms with Crippen LogP contribution in [0.3, 0.4) is 0 Å². The van der Waals surface area contributed by atoms with Crippen molar-refractivity contribution in [3.05, 3.63) is 11.9 Å². The molecule has 1 aromatic heterocycles. The van der Waals surface area contributed by atoms with Crippen LogP contribution in [-0.4, -0.2) is 41.8 Å². The van der Waals surface area contributed by atoms with Crippen LogP contribution in [0.5, 0.6) is 0 Å². The summed E-state index contributed by atoms with van der Waals surface area (Å²) in [7, 11) is 0. The van der Waals surface area contributed by atoms with Crippen molar-refractivity contribution in [2.75, 3.05) is 31.6 Å². The SMILES string of the molecule is O=C(NCC1CCCOC1)c1cn2c(n1)NCCC2. The van der Waals surface area contributed by atoms with Crippen molar-refractivity contribution in [3.63, 3.8) is 0 Å². The summed E-state index contributed by atoms with van der Waals surface area (Å²) in [6, 6.07) is 0. The second kappa shape index (κ2) is 5.61. The number of aromatic nitrogens is 2. The van der Waals surface area contributed by atoms with Gasteiger partial charge in [0.1, 0.15) is 5.69 Å². The number of nitrogens with one attached hydrogen (secondary N) is 2. The standard InChI is InChI=1S/C13H20N4O2/c18-12(15-7-10-3-1-6-19-9-10)11-8-17-5-2-4-14-13(17)16-11/h8,10H,1-7,9H2,(H,14,16)(H,15,18). The van der Waals surface area contributed by atoms with Crippen LogP contribution in [0.1, 0.15) is 29.8 Å². The van der Waals surface area contributed by atoms with E-state index in [-0.39, 0.29) is 5.91 Å². The number of fused-ring (bicyclic) bond motifs is 1. The Morgan fingerprint density at radius 2 is 2.53 bits per heavy atom. The Bertz CT molecular complexity index is 428. The van der Waals surface area contributed by atoms with Crippen LogP contribution in [-0.2, 0) is 11.3 Å². The average molecular weight is 264 g/mol. The van der Waals surface area contributed by atoms with Crippen LogP contribution >= 0.6 is 0 Å². The number of anilines is 1. The van der Waals surface area contributed by atoms with Gasteiger partial charge in [0.05, 0.1) is 6.61 Å². The van der Waals surface area contributed by atoms with Gasteiger partial charge in [-0.05, 0) is 25.2 Å². The number of hydrogen-bond donors (Lipinski definition) is 2. The summed E-state index contributed by atoms with van der Waals surface area (Å²) in [6.45, 7) is 4.14. The monoisotopic (exact) mass is 264 g/mol. The van der Waals surface area contributed by atoms with Gasteiger partial charge in [-0.3, -0.25) is 4.79 Å². The molecule has 0 aliphatic carbocycles. The van der Waals surface area contributed by atoms with E-state index in [0.717, 1.165) is 51.5 Å². The summed E-state index contributed by atoms with van der Waals surface area (Å²) in [5, 5.41) is 6.15. The third kappa shape index (κ3) is 2.89. The van der Waals surface area contributed by atoms with E-state index < -0.39 is 0 Å². The molecular weight excluding hydrogens is 244 g/mol. The molecule has 104 valence electrons. The molecule has 1 saturated heterocycles. The molecule has 1 amide bonds. The Hall–Kier alpha value is -1.56. The van der Waals surface area contributed by atoms with Crippen molar-refractivity contribution in [1.29, 1.82) is 0 Å². The zero-order chi connectivity index (χ0) is 13.1. The zero-order valence-corrected chi connectivity index (χ0v) is 11.0. The molecule has 6 nitrogen and oxygen atoms in total. The summed E-state index contributed by atoms with van der Waals surface area (Å²) in [5.41, 5.74) is 0.501. The van der Waals surface area contributed by atoms with E-state index in [4.69, 9.17) is 4.74 Å². The van der Waals surface area contributed by atoms with Crippen LogP contribution in [0.4, 0.5) is 5.95 Å². The summed E-state index contributed by atoms with van der Waals surface area (Å²) in [5.74, 6) is 1.15. The first kappa shape index (κ1) is 12.5. The minimum Gasteiger partial charge on any atom is -0.381 e. The molecule has 0 aromatic carbocycles. The summed E-state index contributed by atoms with van der Waals surface area (Å²) in [4.78, 5) is 16.4. The third-order valence-corrected chi connectivity index (χ3v) is 3.67. The van der Waals surface area contributed by atoms with Gasteiger partial charge in [-0.25, -0.2) is 4.98 Å². The lowest BCUT2D eigenvalue weighted by Gasteiger charge is -2.21. The van der Waals surface area contributed by atoms with Crippen LogP contribution in [0.2, 0.25) is 0 Å². The summed E-state index contributed by atoms with van der Waals surface area (Å²) < 4.78 is 7.41. The number of amides is 1. The fraction of sp³-hybridized carbons (Fsp3) is 0.692. The number of hydrogen-bond acceptors (Lipinski definition) is 4. The zero-order valence-electron chi connectivity index (χ0n) is 11.0. The van der Waals surface area contributed by atoms with Crippen molar-refractivity contribution < 1.29 is 9.53 Å². The highest BCUT2D eigenvalue weighted by Gasteiger charge is 2.18. The Kier molecular flexibility index (Phi) is 3.68. The molecule has 0 bridgehead atoms. The number of nitrogens with zero attached hydrogens (tertiary/aromatic N) is 2. The molecule has 0 radical (unpaired) electrons. The lowest BCUT2D eigenvalue weighted by Crippen LogP contribution is -2.33. The third-order valence-electron chi connectivity index (χ3n) is 3.67. The van der Waals surface area contributed by atoms with E-state index in [1.807, 2.05) is 10.8 Å². The molecule has 2 aliphatic heterocycles. The lowest BCUT2D eigenvalue weighted by molar-refractivity contribution is 0.0536. The highest BCUT2D eigenvalue weighted by Crippen LogP contribution is 2.15. The number of rotatable bonds is 3. The smallest absolute Gasteiger partial charge is 0.271 e. The maximum absolute atomic E-state index is 12.0. The fourth-order valence-corrected chi connectivity index (χ4v) is 2.58. The van der Waals surface area contributed by atoms with Crippen LogP contribution < -0.4 is 10.6 Å². The molecule has 19 heavy (non-hydrogen) atoms. The maximum atomic E-state index is 12.0. The van der Waals surface area contributed by atoms with Gasteiger partial charge >= 0.3 is 0 Å². The first-order valence-electron chi connectivity index (χ1n) is 7.00. The lowest BCUT2D eigenvalue weighted by atomic mass is 10.0. The van der Waals surface area contributed by atoms with Crippen molar-refractivity contribution >= 4 is 11.9 Å². The average Bonchev–Trinajstić information content (AvgIpc) is 2.90. The topological polar surface area (TPSA) is 68.2 Å². The molecule has 3 heterocycles. The Labute approximate surface area is 112 Å². The predicted molar refractivity (Wildman–Crippen MR) is 71.2 cm³/mol. The normalized spacial score (nSPS) is 22.4. The maximum Gasteiger partial charge on any atom is 0.271 e. The number of carbonyl (C=O) groups excluding carboxylic acids is 1. The van der Waals surface area contributed by atoms with Gasteiger partial charge in [0.25, 0.3) is 5.91 Å². The van der Waals surface area contributed by atoms with Gasteiger partial charge < -0.3 is 19.9 Å². The second-order valence-corrected chi connectivity index (χ2v) is 5.22. The first-order chi connectivity index (χ1) is 9.33. The molecule has 1 atom stereocenters. The molecule has 3 rings (SSSR count). The molecule has 0 saturated carbocycles. The van der Waals surface area contributed by atoms with Gasteiger partial charge in [0, 0.05) is 32.4 Å². The van der Waals surface area contributed by atoms with Crippen molar-refractivity contribution in [2.45, 2.75) is 25.8 Å². The Balaban J connectivity index is 1.56. The number of ether oxygens (including phenoxy) is 1. The van der Waals surface area contributed by atoms with Crippen LogP contribution in [0.25, 0.3) is 0 Å². The van der Waals surface area contributed by atoms with Gasteiger partial charge in [-0.2, -0.15) is 0 Å². The molecule has 6 heteroatoms. The van der Waals surface area contributed by atoms with Crippen molar-refractivity contribution in [2.24, 2.45) is 5.92 Å². The molecular formula is C13H20N4O2. The summed E-state index contributed by atoms with van der Waals surface area (Å²) in [6.07, 6.45) is 5.11. The van der Waals surface area contributed by atoms with E-state index in [0.29, 0.717) is 18.2 Å². The minimum absolute atomic E-state index is 0.0886. The van der Waals surface area contributed by atoms with Gasteiger partial charge in [0.15, 0.2) is 0 Å². The Morgan fingerprint density at radius 3 is 3.32 bits per heavy atom. The van der Waals surface area contributed by atoms with Gasteiger partial charge in [0.2, 0.25) is 5.95 Å². The molecule has 2 N–H and O–H groups in total. The predicted octanol–water partition coefficient (Wildman–Crippen LogP) is 0.855. The number of imidazole rings is 1. The van der Waals surface area contributed by atoms with Crippen molar-refractivity contribution in [3.8, 4) is 0 Å².